The fourth-order valence-electron chi connectivity index (χ4n) is 3.08. The third-order valence-corrected chi connectivity index (χ3v) is 4.58. The molecule has 0 radical (unpaired) electrons. The molecule has 1 aliphatic heterocycles. The van der Waals surface area contributed by atoms with Gasteiger partial charge in [0.2, 0.25) is 0 Å². The summed E-state index contributed by atoms with van der Waals surface area (Å²) in [5.41, 5.74) is 2.84. The first-order valence-electron chi connectivity index (χ1n) is 9.41. The maximum Gasteiger partial charge on any atom is 0.340 e. The molecule has 0 unspecified atom stereocenters. The molecule has 1 aromatic carbocycles. The lowest BCUT2D eigenvalue weighted by atomic mass is 9.89. The number of aromatic nitrogens is 1. The van der Waals surface area contributed by atoms with Crippen molar-refractivity contribution in [1.82, 2.24) is 4.98 Å². The van der Waals surface area contributed by atoms with Crippen LogP contribution >= 0.6 is 0 Å². The molecule has 1 saturated heterocycles. The molecule has 1 fully saturated rings. The smallest absolute Gasteiger partial charge is 0.340 e. The topological polar surface area (TPSA) is 68.4 Å². The van der Waals surface area contributed by atoms with Gasteiger partial charge < -0.3 is 14.5 Å². The van der Waals surface area contributed by atoms with E-state index in [4.69, 9.17) is 9.47 Å². The van der Waals surface area contributed by atoms with E-state index in [1.54, 1.807) is 12.3 Å². The van der Waals surface area contributed by atoms with Crippen LogP contribution in [0.1, 0.15) is 68.2 Å². The van der Waals surface area contributed by atoms with Crippen molar-refractivity contribution in [3.63, 3.8) is 0 Å². The van der Waals surface area contributed by atoms with E-state index in [-0.39, 0.29) is 5.97 Å². The Bertz CT molecular complexity index is 940. The van der Waals surface area contributed by atoms with Crippen LogP contribution in [-0.4, -0.2) is 22.5 Å². The number of nitrogens with one attached hydrogen (secondary N) is 1. The van der Waals surface area contributed by atoms with Gasteiger partial charge in [0.15, 0.2) is 0 Å². The molecule has 28 heavy (non-hydrogen) atoms. The van der Waals surface area contributed by atoms with Crippen molar-refractivity contribution in [1.29, 1.82) is 0 Å². The zero-order chi connectivity index (χ0) is 20.7. The normalized spacial score (nSPS) is 18.0. The van der Waals surface area contributed by atoms with E-state index in [9.17, 15) is 9.59 Å². The first-order valence-corrected chi connectivity index (χ1v) is 9.41. The molecule has 5 heteroatoms. The predicted octanol–water partition coefficient (Wildman–Crippen LogP) is 5.01. The minimum Gasteiger partial charge on any atom is -0.456 e. The molecule has 1 aromatic heterocycles. The number of hydrogen-bond donors (Lipinski definition) is 1. The van der Waals surface area contributed by atoms with Crippen LogP contribution in [-0.2, 0) is 14.3 Å². The number of carbonyl (C=O) groups excluding carboxylic acids is 2. The zero-order valence-corrected chi connectivity index (χ0v) is 17.3. The van der Waals surface area contributed by atoms with Crippen LogP contribution in [0, 0.1) is 12.3 Å². The van der Waals surface area contributed by atoms with Gasteiger partial charge in [0, 0.05) is 18.2 Å². The number of aromatic amines is 1. The minimum atomic E-state index is -0.578. The lowest BCUT2D eigenvalue weighted by Gasteiger charge is -2.18. The molecule has 1 N–H and O–H groups in total. The molecule has 0 saturated carbocycles. The van der Waals surface area contributed by atoms with E-state index in [1.165, 1.54) is 0 Å². The third-order valence-electron chi connectivity index (χ3n) is 4.58. The summed E-state index contributed by atoms with van der Waals surface area (Å²) in [6, 6.07) is 9.75. The molecule has 0 spiro atoms. The third kappa shape index (κ3) is 4.19. The van der Waals surface area contributed by atoms with E-state index in [1.807, 2.05) is 65.8 Å². The second-order valence-electron chi connectivity index (χ2n) is 8.92. The standard InChI is InChI=1S/C23H27NO4/c1-14-7-9-15(10-8-14)19(18-12-23(5,6)21(26)27-18)17-11-16(13-24-17)20(25)28-22(2,3)4/h7-11,13,24H,12H2,1-6H3/b19-18+. The number of cyclic esters (lactones) is 1. The number of benzene rings is 1. The number of hydrogen-bond acceptors (Lipinski definition) is 4. The van der Waals surface area contributed by atoms with Crippen molar-refractivity contribution < 1.29 is 19.1 Å². The lowest BCUT2D eigenvalue weighted by Crippen LogP contribution is -2.23. The van der Waals surface area contributed by atoms with Gasteiger partial charge in [-0.2, -0.15) is 0 Å². The Morgan fingerprint density at radius 2 is 1.79 bits per heavy atom. The molecule has 5 nitrogen and oxygen atoms in total. The largest absolute Gasteiger partial charge is 0.456 e. The molecular formula is C23H27NO4. The average molecular weight is 381 g/mol. The molecule has 0 aliphatic carbocycles. The Kier molecular flexibility index (Phi) is 4.96. The second kappa shape index (κ2) is 6.97. The van der Waals surface area contributed by atoms with Gasteiger partial charge in [-0.15, -0.1) is 0 Å². The summed E-state index contributed by atoms with van der Waals surface area (Å²) in [6.07, 6.45) is 2.12. The van der Waals surface area contributed by atoms with E-state index in [2.05, 4.69) is 4.98 Å². The van der Waals surface area contributed by atoms with Gasteiger partial charge in [-0.25, -0.2) is 4.79 Å². The first-order chi connectivity index (χ1) is 13.0. The summed E-state index contributed by atoms with van der Waals surface area (Å²) in [5.74, 6) is -0.0329. The maximum atomic E-state index is 12.4. The highest BCUT2D eigenvalue weighted by molar-refractivity contribution is 5.93. The zero-order valence-electron chi connectivity index (χ0n) is 17.3. The molecule has 0 atom stereocenters. The number of esters is 2. The molecule has 148 valence electrons. The molecule has 3 rings (SSSR count). The number of aryl methyl sites for hydroxylation is 1. The molecule has 1 aliphatic rings. The SMILES string of the molecule is Cc1ccc(/C(=C2/CC(C)(C)C(=O)O2)c2cc(C(=O)OC(C)(C)C)c[nH]2)cc1. The summed E-state index contributed by atoms with van der Waals surface area (Å²) in [7, 11) is 0. The van der Waals surface area contributed by atoms with Crippen molar-refractivity contribution >= 4 is 17.5 Å². The summed E-state index contributed by atoms with van der Waals surface area (Å²) < 4.78 is 11.1. The summed E-state index contributed by atoms with van der Waals surface area (Å²) in [5, 5.41) is 0. The van der Waals surface area contributed by atoms with E-state index < -0.39 is 17.0 Å². The van der Waals surface area contributed by atoms with Crippen molar-refractivity contribution in [2.24, 2.45) is 5.41 Å². The molecule has 2 heterocycles. The van der Waals surface area contributed by atoms with Gasteiger partial charge in [-0.3, -0.25) is 4.79 Å². The number of allylic oxidation sites excluding steroid dienone is 1. The van der Waals surface area contributed by atoms with Crippen LogP contribution in [0.2, 0.25) is 0 Å². The number of rotatable bonds is 3. The summed E-state index contributed by atoms with van der Waals surface area (Å²) in [4.78, 5) is 27.8. The van der Waals surface area contributed by atoms with Crippen LogP contribution in [0.15, 0.2) is 42.3 Å². The average Bonchev–Trinajstić information content (AvgIpc) is 3.14. The Labute approximate surface area is 165 Å². The summed E-state index contributed by atoms with van der Waals surface area (Å²) >= 11 is 0. The fourth-order valence-corrected chi connectivity index (χ4v) is 3.08. The van der Waals surface area contributed by atoms with Gasteiger partial charge >= 0.3 is 11.9 Å². The Morgan fingerprint density at radius 1 is 1.14 bits per heavy atom. The molecule has 0 bridgehead atoms. The lowest BCUT2D eigenvalue weighted by molar-refractivity contribution is -0.142. The quantitative estimate of drug-likeness (QED) is 0.759. The number of ether oxygens (including phenoxy) is 2. The van der Waals surface area contributed by atoms with Gasteiger partial charge in [-0.1, -0.05) is 29.8 Å². The predicted molar refractivity (Wildman–Crippen MR) is 108 cm³/mol. The van der Waals surface area contributed by atoms with Crippen LogP contribution < -0.4 is 0 Å². The fraction of sp³-hybridized carbons (Fsp3) is 0.391. The second-order valence-corrected chi connectivity index (χ2v) is 8.92. The number of H-pyrrole nitrogens is 1. The first kappa shape index (κ1) is 19.9. The Balaban J connectivity index is 2.06. The van der Waals surface area contributed by atoms with Crippen molar-refractivity contribution in [2.45, 2.75) is 53.6 Å². The summed E-state index contributed by atoms with van der Waals surface area (Å²) in [6.45, 7) is 11.3. The molecule has 2 aromatic rings. The van der Waals surface area contributed by atoms with Gasteiger partial charge in [-0.05, 0) is 53.2 Å². The van der Waals surface area contributed by atoms with E-state index in [0.29, 0.717) is 23.4 Å². The highest BCUT2D eigenvalue weighted by Crippen LogP contribution is 2.41. The molecular weight excluding hydrogens is 354 g/mol. The van der Waals surface area contributed by atoms with Crippen molar-refractivity contribution in [3.05, 3.63) is 64.7 Å². The minimum absolute atomic E-state index is 0.244. The van der Waals surface area contributed by atoms with Gasteiger partial charge in [0.25, 0.3) is 0 Å². The highest BCUT2D eigenvalue weighted by atomic mass is 16.6. The maximum absolute atomic E-state index is 12.4. The van der Waals surface area contributed by atoms with Crippen LogP contribution in [0.5, 0.6) is 0 Å². The number of carbonyl (C=O) groups is 2. The highest BCUT2D eigenvalue weighted by Gasteiger charge is 2.40. The van der Waals surface area contributed by atoms with E-state index in [0.717, 1.165) is 16.7 Å². The van der Waals surface area contributed by atoms with E-state index >= 15 is 0 Å². The monoisotopic (exact) mass is 381 g/mol. The van der Waals surface area contributed by atoms with Crippen molar-refractivity contribution in [2.75, 3.05) is 0 Å². The molecule has 0 amide bonds. The van der Waals surface area contributed by atoms with Crippen LogP contribution in [0.25, 0.3) is 5.57 Å². The van der Waals surface area contributed by atoms with Crippen LogP contribution in [0.3, 0.4) is 0 Å². The Morgan fingerprint density at radius 3 is 2.32 bits per heavy atom. The van der Waals surface area contributed by atoms with Crippen molar-refractivity contribution in [3.8, 4) is 0 Å². The van der Waals surface area contributed by atoms with Gasteiger partial charge in [0.05, 0.1) is 16.7 Å². The Hall–Kier alpha value is -2.82. The van der Waals surface area contributed by atoms with Gasteiger partial charge in [0.1, 0.15) is 11.4 Å². The van der Waals surface area contributed by atoms with Crippen LogP contribution in [0.4, 0.5) is 0 Å².